The quantitative estimate of drug-likeness (QED) is 0.870. The van der Waals surface area contributed by atoms with E-state index in [-0.39, 0.29) is 4.90 Å². The van der Waals surface area contributed by atoms with Crippen LogP contribution >= 0.6 is 0 Å². The minimum Gasteiger partial charge on any atom is -0.211 e. The second kappa shape index (κ2) is 6.69. The average Bonchev–Trinajstić information content (AvgIpc) is 2.39. The van der Waals surface area contributed by atoms with Crippen LogP contribution in [0.2, 0.25) is 0 Å². The van der Waals surface area contributed by atoms with Crippen molar-refractivity contribution < 1.29 is 8.42 Å². The van der Waals surface area contributed by atoms with Crippen LogP contribution in [0.3, 0.4) is 0 Å². The topological polar surface area (TPSA) is 70.0 Å². The Balaban J connectivity index is 2.92. The molecule has 0 atom stereocenters. The van der Waals surface area contributed by atoms with Gasteiger partial charge in [0.15, 0.2) is 0 Å². The van der Waals surface area contributed by atoms with Gasteiger partial charge in [-0.2, -0.15) is 5.26 Å². The summed E-state index contributed by atoms with van der Waals surface area (Å²) >= 11 is 0. The maximum atomic E-state index is 12.2. The molecule has 0 aromatic heterocycles. The van der Waals surface area contributed by atoms with Crippen molar-refractivity contribution >= 4 is 10.0 Å². The highest BCUT2D eigenvalue weighted by molar-refractivity contribution is 7.89. The third-order valence-electron chi connectivity index (χ3n) is 3.31. The molecule has 0 radical (unpaired) electrons. The molecule has 0 bridgehead atoms. The molecule has 104 valence electrons. The van der Waals surface area contributed by atoms with Gasteiger partial charge in [-0.05, 0) is 36.6 Å². The fraction of sp³-hybridized carbons (Fsp3) is 0.500. The number of rotatable bonds is 6. The molecule has 4 nitrogen and oxygen atoms in total. The highest BCUT2D eigenvalue weighted by Gasteiger charge is 2.18. The molecule has 0 fully saturated rings. The molecule has 0 spiro atoms. The largest absolute Gasteiger partial charge is 0.240 e. The number of hydrogen-bond acceptors (Lipinski definition) is 3. The van der Waals surface area contributed by atoms with Gasteiger partial charge in [0.2, 0.25) is 10.0 Å². The van der Waals surface area contributed by atoms with Crippen molar-refractivity contribution in [3.05, 3.63) is 29.3 Å². The number of nitrogens with one attached hydrogen (secondary N) is 1. The van der Waals surface area contributed by atoms with Crippen molar-refractivity contribution in [3.8, 4) is 6.07 Å². The van der Waals surface area contributed by atoms with Crippen LogP contribution in [0.4, 0.5) is 0 Å². The van der Waals surface area contributed by atoms with Crippen LogP contribution in [0.25, 0.3) is 0 Å². The van der Waals surface area contributed by atoms with Gasteiger partial charge in [-0.25, -0.2) is 13.1 Å². The lowest BCUT2D eigenvalue weighted by Gasteiger charge is -2.14. The van der Waals surface area contributed by atoms with Crippen LogP contribution in [0.1, 0.15) is 37.8 Å². The van der Waals surface area contributed by atoms with Gasteiger partial charge < -0.3 is 0 Å². The van der Waals surface area contributed by atoms with Crippen LogP contribution in [0.15, 0.2) is 23.1 Å². The molecule has 0 aliphatic carbocycles. The summed E-state index contributed by atoms with van der Waals surface area (Å²) in [4.78, 5) is 0.248. The second-order valence-electron chi connectivity index (χ2n) is 4.63. The molecule has 0 unspecified atom stereocenters. The van der Waals surface area contributed by atoms with Gasteiger partial charge in [0, 0.05) is 6.54 Å². The first kappa shape index (κ1) is 15.7. The standard InChI is InChI=1S/C14H20N2O2S/c1-4-12(5-2)10-16-19(17,18)14-7-6-13(9-15)8-11(14)3/h6-8,12,16H,4-5,10H2,1-3H3. The molecule has 1 aromatic carbocycles. The molecule has 0 aliphatic rings. The van der Waals surface area contributed by atoms with E-state index in [0.717, 1.165) is 12.8 Å². The lowest BCUT2D eigenvalue weighted by atomic mass is 10.0. The zero-order valence-electron chi connectivity index (χ0n) is 11.6. The summed E-state index contributed by atoms with van der Waals surface area (Å²) in [7, 11) is -3.49. The summed E-state index contributed by atoms with van der Waals surface area (Å²) in [6.07, 6.45) is 1.90. The molecule has 1 N–H and O–H groups in total. The predicted octanol–water partition coefficient (Wildman–Crippen LogP) is 2.58. The molecule has 0 aliphatic heterocycles. The van der Waals surface area contributed by atoms with E-state index in [1.165, 1.54) is 12.1 Å². The zero-order chi connectivity index (χ0) is 14.5. The van der Waals surface area contributed by atoms with Crippen LogP contribution < -0.4 is 4.72 Å². The maximum Gasteiger partial charge on any atom is 0.240 e. The number of nitriles is 1. The Morgan fingerprint density at radius 2 is 1.95 bits per heavy atom. The van der Waals surface area contributed by atoms with Crippen molar-refractivity contribution in [2.45, 2.75) is 38.5 Å². The number of aryl methyl sites for hydroxylation is 1. The highest BCUT2D eigenvalue weighted by atomic mass is 32.2. The summed E-state index contributed by atoms with van der Waals surface area (Å²) in [5.41, 5.74) is 1.06. The Kier molecular flexibility index (Phi) is 5.52. The van der Waals surface area contributed by atoms with Gasteiger partial charge >= 0.3 is 0 Å². The fourth-order valence-electron chi connectivity index (χ4n) is 1.90. The van der Waals surface area contributed by atoms with Crippen molar-refractivity contribution in [1.82, 2.24) is 4.72 Å². The fourth-order valence-corrected chi connectivity index (χ4v) is 3.24. The van der Waals surface area contributed by atoms with Crippen LogP contribution in [0, 0.1) is 24.2 Å². The summed E-state index contributed by atoms with van der Waals surface area (Å²) in [5.74, 6) is 0.355. The zero-order valence-corrected chi connectivity index (χ0v) is 12.4. The third kappa shape index (κ3) is 4.05. The number of hydrogen-bond donors (Lipinski definition) is 1. The smallest absolute Gasteiger partial charge is 0.211 e. The van der Waals surface area contributed by atoms with Crippen LogP contribution in [-0.4, -0.2) is 15.0 Å². The van der Waals surface area contributed by atoms with E-state index in [1.807, 2.05) is 6.07 Å². The Hall–Kier alpha value is -1.38. The second-order valence-corrected chi connectivity index (χ2v) is 6.36. The Morgan fingerprint density at radius 1 is 1.32 bits per heavy atom. The molecular formula is C14H20N2O2S. The van der Waals surface area contributed by atoms with E-state index in [2.05, 4.69) is 18.6 Å². The summed E-state index contributed by atoms with van der Waals surface area (Å²) < 4.78 is 27.0. The van der Waals surface area contributed by atoms with Gasteiger partial charge in [0.05, 0.1) is 16.5 Å². The van der Waals surface area contributed by atoms with Crippen LogP contribution in [0.5, 0.6) is 0 Å². The monoisotopic (exact) mass is 280 g/mol. The summed E-state index contributed by atoms with van der Waals surface area (Å²) in [5, 5.41) is 8.78. The van der Waals surface area contributed by atoms with Crippen molar-refractivity contribution in [2.24, 2.45) is 5.92 Å². The van der Waals surface area contributed by atoms with Gasteiger partial charge in [-0.15, -0.1) is 0 Å². The Bertz CT molecular complexity index is 570. The Morgan fingerprint density at radius 3 is 2.42 bits per heavy atom. The van der Waals surface area contributed by atoms with E-state index in [1.54, 1.807) is 13.0 Å². The number of sulfonamides is 1. The first-order valence-corrected chi connectivity index (χ1v) is 7.93. The average molecular weight is 280 g/mol. The van der Waals surface area contributed by atoms with E-state index >= 15 is 0 Å². The molecule has 0 saturated heterocycles. The van der Waals surface area contributed by atoms with E-state index < -0.39 is 10.0 Å². The van der Waals surface area contributed by atoms with Crippen molar-refractivity contribution in [1.29, 1.82) is 5.26 Å². The maximum absolute atomic E-state index is 12.2. The SMILES string of the molecule is CCC(CC)CNS(=O)(=O)c1ccc(C#N)cc1C. The molecule has 1 aromatic rings. The van der Waals surface area contributed by atoms with Gasteiger partial charge in [-0.3, -0.25) is 0 Å². The lowest BCUT2D eigenvalue weighted by Crippen LogP contribution is -2.29. The van der Waals surface area contributed by atoms with Gasteiger partial charge in [0.1, 0.15) is 0 Å². The summed E-state index contributed by atoms with van der Waals surface area (Å²) in [6, 6.07) is 6.60. The molecule has 1 rings (SSSR count). The van der Waals surface area contributed by atoms with E-state index in [4.69, 9.17) is 5.26 Å². The molecular weight excluding hydrogens is 260 g/mol. The number of benzene rings is 1. The van der Waals surface area contributed by atoms with Crippen LogP contribution in [-0.2, 0) is 10.0 Å². The lowest BCUT2D eigenvalue weighted by molar-refractivity contribution is 0.479. The first-order chi connectivity index (χ1) is 8.94. The molecule has 5 heteroatoms. The van der Waals surface area contributed by atoms with Crippen molar-refractivity contribution in [3.63, 3.8) is 0 Å². The highest BCUT2D eigenvalue weighted by Crippen LogP contribution is 2.17. The minimum absolute atomic E-state index is 0.248. The third-order valence-corrected chi connectivity index (χ3v) is 4.89. The predicted molar refractivity (Wildman–Crippen MR) is 75.2 cm³/mol. The van der Waals surface area contributed by atoms with Crippen molar-refractivity contribution in [2.75, 3.05) is 6.54 Å². The first-order valence-electron chi connectivity index (χ1n) is 6.45. The van der Waals surface area contributed by atoms with Gasteiger partial charge in [0.25, 0.3) is 0 Å². The summed E-state index contributed by atoms with van der Waals surface area (Å²) in [6.45, 7) is 6.26. The minimum atomic E-state index is -3.49. The molecule has 0 saturated carbocycles. The normalized spacial score (nSPS) is 11.5. The molecule has 0 amide bonds. The Labute approximate surface area is 115 Å². The van der Waals surface area contributed by atoms with Gasteiger partial charge in [-0.1, -0.05) is 26.7 Å². The van der Waals surface area contributed by atoms with E-state index in [0.29, 0.717) is 23.6 Å². The molecule has 0 heterocycles. The number of nitrogens with zero attached hydrogens (tertiary/aromatic N) is 1. The van der Waals surface area contributed by atoms with E-state index in [9.17, 15) is 8.42 Å². The molecule has 19 heavy (non-hydrogen) atoms.